The fraction of sp³-hybridized carbons (Fsp3) is 0.643. The molecular formula is C14H21BrN2. The molecule has 1 aliphatic carbocycles. The minimum Gasteiger partial charge on any atom is -0.309 e. The summed E-state index contributed by atoms with van der Waals surface area (Å²) in [6, 6.07) is 4.65. The molecule has 1 aliphatic rings. The second-order valence-electron chi connectivity index (χ2n) is 4.93. The van der Waals surface area contributed by atoms with Gasteiger partial charge in [0.15, 0.2) is 0 Å². The van der Waals surface area contributed by atoms with Gasteiger partial charge in [0.2, 0.25) is 0 Å². The summed E-state index contributed by atoms with van der Waals surface area (Å²) >= 11 is 3.44. The lowest BCUT2D eigenvalue weighted by atomic mass is 10.0. The molecule has 1 saturated carbocycles. The first-order chi connectivity index (χ1) is 8.29. The third kappa shape index (κ3) is 4.40. The number of hydrogen-bond donors (Lipinski definition) is 1. The van der Waals surface area contributed by atoms with Crippen LogP contribution in [0.15, 0.2) is 22.8 Å². The maximum Gasteiger partial charge on any atom is 0.0574 e. The summed E-state index contributed by atoms with van der Waals surface area (Å²) in [5, 5.41) is 3.61. The fourth-order valence-corrected chi connectivity index (χ4v) is 2.31. The van der Waals surface area contributed by atoms with E-state index in [2.05, 4.69) is 45.3 Å². The number of nitrogens with zero attached hydrogens (tertiary/aromatic N) is 1. The highest BCUT2D eigenvalue weighted by Gasteiger charge is 2.23. The molecule has 1 atom stereocenters. The number of pyridine rings is 1. The van der Waals surface area contributed by atoms with Crippen molar-refractivity contribution in [2.24, 2.45) is 5.92 Å². The maximum atomic E-state index is 4.52. The number of rotatable bonds is 7. The van der Waals surface area contributed by atoms with E-state index < -0.39 is 0 Å². The topological polar surface area (TPSA) is 24.9 Å². The van der Waals surface area contributed by atoms with E-state index in [1.165, 1.54) is 37.8 Å². The predicted octanol–water partition coefficient (Wildman–Crippen LogP) is 4.08. The second-order valence-corrected chi connectivity index (χ2v) is 5.84. The molecule has 0 amide bonds. The standard InChI is InChI=1S/C14H21BrN2/c1-2-9-16-13(7-5-11-3-4-11)14-8-6-12(15)10-17-14/h6,8,10-11,13,16H,2-5,7,9H2,1H3. The fourth-order valence-electron chi connectivity index (χ4n) is 2.08. The summed E-state index contributed by atoms with van der Waals surface area (Å²) in [5.41, 5.74) is 1.18. The van der Waals surface area contributed by atoms with E-state index in [0.29, 0.717) is 6.04 Å². The van der Waals surface area contributed by atoms with Crippen LogP contribution >= 0.6 is 15.9 Å². The van der Waals surface area contributed by atoms with Crippen LogP contribution in [0, 0.1) is 5.92 Å². The molecule has 1 N–H and O–H groups in total. The van der Waals surface area contributed by atoms with Crippen molar-refractivity contribution in [1.82, 2.24) is 10.3 Å². The van der Waals surface area contributed by atoms with Crippen molar-refractivity contribution in [3.63, 3.8) is 0 Å². The lowest BCUT2D eigenvalue weighted by molar-refractivity contribution is 0.461. The average Bonchev–Trinajstić information content (AvgIpc) is 3.15. The van der Waals surface area contributed by atoms with Gasteiger partial charge in [-0.05, 0) is 59.8 Å². The van der Waals surface area contributed by atoms with Gasteiger partial charge in [-0.3, -0.25) is 4.98 Å². The first-order valence-corrected chi connectivity index (χ1v) is 7.43. The predicted molar refractivity (Wildman–Crippen MR) is 74.9 cm³/mol. The number of nitrogens with one attached hydrogen (secondary N) is 1. The molecule has 0 spiro atoms. The zero-order valence-electron chi connectivity index (χ0n) is 10.5. The van der Waals surface area contributed by atoms with Gasteiger partial charge < -0.3 is 5.32 Å². The van der Waals surface area contributed by atoms with Gasteiger partial charge in [0.1, 0.15) is 0 Å². The van der Waals surface area contributed by atoms with Gasteiger partial charge in [-0.1, -0.05) is 19.8 Å². The summed E-state index contributed by atoms with van der Waals surface area (Å²) < 4.78 is 1.05. The molecule has 0 aliphatic heterocycles. The summed E-state index contributed by atoms with van der Waals surface area (Å²) in [7, 11) is 0. The minimum absolute atomic E-state index is 0.434. The smallest absolute Gasteiger partial charge is 0.0574 e. The average molecular weight is 297 g/mol. The Morgan fingerprint density at radius 3 is 2.88 bits per heavy atom. The van der Waals surface area contributed by atoms with Gasteiger partial charge >= 0.3 is 0 Å². The molecule has 0 bridgehead atoms. The Labute approximate surface area is 112 Å². The van der Waals surface area contributed by atoms with Gasteiger partial charge in [-0.2, -0.15) is 0 Å². The highest BCUT2D eigenvalue weighted by molar-refractivity contribution is 9.10. The Balaban J connectivity index is 1.93. The van der Waals surface area contributed by atoms with Crippen molar-refractivity contribution in [2.75, 3.05) is 6.54 Å². The number of aromatic nitrogens is 1. The third-order valence-electron chi connectivity index (χ3n) is 3.31. The molecule has 1 fully saturated rings. The van der Waals surface area contributed by atoms with Crippen LogP contribution in [0.5, 0.6) is 0 Å². The normalized spacial score (nSPS) is 17.1. The van der Waals surface area contributed by atoms with Crippen molar-refractivity contribution >= 4 is 15.9 Å². The Morgan fingerprint density at radius 1 is 1.47 bits per heavy atom. The Kier molecular flexibility index (Phi) is 4.99. The molecule has 17 heavy (non-hydrogen) atoms. The van der Waals surface area contributed by atoms with Crippen LogP contribution in [0.25, 0.3) is 0 Å². The molecule has 1 unspecified atom stereocenters. The van der Waals surface area contributed by atoms with E-state index >= 15 is 0 Å². The largest absolute Gasteiger partial charge is 0.309 e. The van der Waals surface area contributed by atoms with E-state index in [4.69, 9.17) is 0 Å². The van der Waals surface area contributed by atoms with Crippen LogP contribution in [0.2, 0.25) is 0 Å². The summed E-state index contributed by atoms with van der Waals surface area (Å²) in [5.74, 6) is 0.997. The van der Waals surface area contributed by atoms with Gasteiger partial charge in [-0.15, -0.1) is 0 Å². The summed E-state index contributed by atoms with van der Waals surface area (Å²) in [4.78, 5) is 4.52. The molecule has 94 valence electrons. The lowest BCUT2D eigenvalue weighted by Crippen LogP contribution is -2.23. The van der Waals surface area contributed by atoms with Gasteiger partial charge in [0.25, 0.3) is 0 Å². The zero-order valence-corrected chi connectivity index (χ0v) is 12.0. The van der Waals surface area contributed by atoms with Crippen LogP contribution in [0.3, 0.4) is 0 Å². The maximum absolute atomic E-state index is 4.52. The second kappa shape index (κ2) is 6.50. The molecule has 1 heterocycles. The van der Waals surface area contributed by atoms with Crippen LogP contribution in [-0.4, -0.2) is 11.5 Å². The van der Waals surface area contributed by atoms with Gasteiger partial charge in [0.05, 0.1) is 5.69 Å². The monoisotopic (exact) mass is 296 g/mol. The Morgan fingerprint density at radius 2 is 2.29 bits per heavy atom. The molecule has 1 aromatic rings. The molecule has 0 aromatic carbocycles. The van der Waals surface area contributed by atoms with E-state index in [1.54, 1.807) is 0 Å². The van der Waals surface area contributed by atoms with Crippen LogP contribution in [0.1, 0.15) is 50.8 Å². The molecule has 0 saturated heterocycles. The zero-order chi connectivity index (χ0) is 12.1. The molecule has 3 heteroatoms. The van der Waals surface area contributed by atoms with Crippen molar-refractivity contribution in [2.45, 2.75) is 45.1 Å². The van der Waals surface area contributed by atoms with Crippen LogP contribution in [-0.2, 0) is 0 Å². The van der Waals surface area contributed by atoms with Gasteiger partial charge in [0, 0.05) is 16.7 Å². The summed E-state index contributed by atoms with van der Waals surface area (Å²) in [6.45, 7) is 3.28. The van der Waals surface area contributed by atoms with Crippen molar-refractivity contribution < 1.29 is 0 Å². The Bertz CT molecular complexity index is 333. The van der Waals surface area contributed by atoms with Crippen molar-refractivity contribution in [3.05, 3.63) is 28.5 Å². The van der Waals surface area contributed by atoms with Crippen LogP contribution in [0.4, 0.5) is 0 Å². The number of halogens is 1. The molecule has 2 rings (SSSR count). The quantitative estimate of drug-likeness (QED) is 0.820. The first-order valence-electron chi connectivity index (χ1n) is 6.64. The summed E-state index contributed by atoms with van der Waals surface area (Å²) in [6.07, 6.45) is 8.52. The highest BCUT2D eigenvalue weighted by Crippen LogP contribution is 2.35. The molecule has 2 nitrogen and oxygen atoms in total. The molecular weight excluding hydrogens is 276 g/mol. The van der Waals surface area contributed by atoms with E-state index in [-0.39, 0.29) is 0 Å². The Hall–Kier alpha value is -0.410. The highest BCUT2D eigenvalue weighted by atomic mass is 79.9. The first kappa shape index (κ1) is 13.0. The van der Waals surface area contributed by atoms with Crippen LogP contribution < -0.4 is 5.32 Å². The molecule has 0 radical (unpaired) electrons. The molecule has 1 aromatic heterocycles. The van der Waals surface area contributed by atoms with E-state index in [1.807, 2.05) is 6.20 Å². The number of hydrogen-bond acceptors (Lipinski definition) is 2. The third-order valence-corrected chi connectivity index (χ3v) is 3.78. The van der Waals surface area contributed by atoms with Gasteiger partial charge in [-0.25, -0.2) is 0 Å². The van der Waals surface area contributed by atoms with E-state index in [0.717, 1.165) is 16.9 Å². The van der Waals surface area contributed by atoms with Crippen molar-refractivity contribution in [1.29, 1.82) is 0 Å². The lowest BCUT2D eigenvalue weighted by Gasteiger charge is -2.18. The minimum atomic E-state index is 0.434. The van der Waals surface area contributed by atoms with E-state index in [9.17, 15) is 0 Å². The van der Waals surface area contributed by atoms with Crippen molar-refractivity contribution in [3.8, 4) is 0 Å². The SMILES string of the molecule is CCCNC(CCC1CC1)c1ccc(Br)cn1.